The van der Waals surface area contributed by atoms with Crippen LogP contribution in [-0.4, -0.2) is 36.9 Å². The van der Waals surface area contributed by atoms with Crippen molar-refractivity contribution >= 4 is 10.0 Å². The lowest BCUT2D eigenvalue weighted by atomic mass is 10.2. The number of aromatic nitrogens is 1. The van der Waals surface area contributed by atoms with Gasteiger partial charge in [0.1, 0.15) is 4.90 Å². The molecule has 1 N–H and O–H groups in total. The van der Waals surface area contributed by atoms with Crippen LogP contribution in [0, 0.1) is 0 Å². The summed E-state index contributed by atoms with van der Waals surface area (Å²) in [6.45, 7) is 7.60. The van der Waals surface area contributed by atoms with Crippen LogP contribution in [0.5, 0.6) is 0 Å². The van der Waals surface area contributed by atoms with Gasteiger partial charge >= 0.3 is 0 Å². The highest BCUT2D eigenvalue weighted by Gasteiger charge is 2.27. The van der Waals surface area contributed by atoms with Crippen LogP contribution >= 0.6 is 0 Å². The molecule has 0 fully saturated rings. The average molecular weight is 301 g/mol. The van der Waals surface area contributed by atoms with Crippen LogP contribution in [0.2, 0.25) is 0 Å². The maximum absolute atomic E-state index is 12.6. The summed E-state index contributed by atoms with van der Waals surface area (Å²) in [6, 6.07) is 1.81. The van der Waals surface area contributed by atoms with E-state index in [-0.39, 0.29) is 6.04 Å². The van der Waals surface area contributed by atoms with Gasteiger partial charge in [0.25, 0.3) is 0 Å². The molecule has 0 aliphatic rings. The summed E-state index contributed by atoms with van der Waals surface area (Å²) < 4.78 is 28.6. The third-order valence-corrected chi connectivity index (χ3v) is 5.65. The zero-order valence-corrected chi connectivity index (χ0v) is 14.0. The first kappa shape index (κ1) is 17.2. The fourth-order valence-electron chi connectivity index (χ4n) is 2.31. The summed E-state index contributed by atoms with van der Waals surface area (Å²) in [5.74, 6) is 0. The molecule has 6 heteroatoms. The van der Waals surface area contributed by atoms with Crippen molar-refractivity contribution in [2.75, 3.05) is 13.6 Å². The van der Waals surface area contributed by atoms with E-state index in [1.165, 1.54) is 4.31 Å². The smallest absolute Gasteiger partial charge is 0.244 e. The molecule has 0 amide bonds. The predicted molar refractivity (Wildman–Crippen MR) is 82.1 cm³/mol. The first-order valence-corrected chi connectivity index (χ1v) is 8.66. The van der Waals surface area contributed by atoms with Crippen molar-refractivity contribution in [2.24, 2.45) is 7.05 Å². The van der Waals surface area contributed by atoms with Crippen LogP contribution < -0.4 is 5.32 Å². The zero-order valence-electron chi connectivity index (χ0n) is 13.2. The summed E-state index contributed by atoms with van der Waals surface area (Å²) in [5.41, 5.74) is 0.975. The van der Waals surface area contributed by atoms with Crippen LogP contribution in [0.4, 0.5) is 0 Å². The Morgan fingerprint density at radius 2 is 1.90 bits per heavy atom. The molecular formula is C14H27N3O2S. The van der Waals surface area contributed by atoms with Crippen molar-refractivity contribution in [2.45, 2.75) is 51.1 Å². The van der Waals surface area contributed by atoms with Gasteiger partial charge in [-0.25, -0.2) is 8.42 Å². The molecule has 1 rings (SSSR count). The lowest BCUT2D eigenvalue weighted by Crippen LogP contribution is -2.36. The average Bonchev–Trinajstić information content (AvgIpc) is 2.79. The summed E-state index contributed by atoms with van der Waals surface area (Å²) in [5, 5.41) is 3.22. The first-order valence-electron chi connectivity index (χ1n) is 7.22. The molecule has 0 aliphatic heterocycles. The molecule has 0 saturated heterocycles. The van der Waals surface area contributed by atoms with Gasteiger partial charge in [-0.15, -0.1) is 0 Å². The summed E-state index contributed by atoms with van der Waals surface area (Å²) in [4.78, 5) is 0.377. The minimum Gasteiger partial charge on any atom is -0.352 e. The summed E-state index contributed by atoms with van der Waals surface area (Å²) in [6.07, 6.45) is 3.34. The zero-order chi connectivity index (χ0) is 15.3. The standard InChI is InChI=1S/C14H27N3O2S/c1-6-12(7-2)17(5)20(18,19)14-9-13(10-15-8-3)16(4)11-14/h9,11-12,15H,6-8,10H2,1-5H3. The van der Waals surface area contributed by atoms with Crippen LogP contribution in [0.3, 0.4) is 0 Å². The molecule has 0 atom stereocenters. The van der Waals surface area contributed by atoms with E-state index < -0.39 is 10.0 Å². The lowest BCUT2D eigenvalue weighted by Gasteiger charge is -2.24. The van der Waals surface area contributed by atoms with Gasteiger partial charge in [0.15, 0.2) is 0 Å². The Labute approximate surface area is 123 Å². The number of hydrogen-bond donors (Lipinski definition) is 1. The third kappa shape index (κ3) is 3.62. The fraction of sp³-hybridized carbons (Fsp3) is 0.714. The van der Waals surface area contributed by atoms with Crippen LogP contribution in [0.15, 0.2) is 17.2 Å². The van der Waals surface area contributed by atoms with Gasteiger partial charge in [0.05, 0.1) is 0 Å². The Morgan fingerprint density at radius 3 is 2.40 bits per heavy atom. The predicted octanol–water partition coefficient (Wildman–Crippen LogP) is 1.94. The molecule has 0 unspecified atom stereocenters. The summed E-state index contributed by atoms with van der Waals surface area (Å²) in [7, 11) is 0.144. The monoisotopic (exact) mass is 301 g/mol. The molecule has 0 saturated carbocycles. The van der Waals surface area contributed by atoms with E-state index in [4.69, 9.17) is 0 Å². The molecule has 1 aromatic rings. The Kier molecular flexibility index (Phi) is 6.23. The summed E-state index contributed by atoms with van der Waals surface area (Å²) >= 11 is 0. The maximum Gasteiger partial charge on any atom is 0.244 e. The van der Waals surface area contributed by atoms with Gasteiger partial charge in [-0.05, 0) is 25.5 Å². The van der Waals surface area contributed by atoms with Gasteiger partial charge in [0.2, 0.25) is 10.0 Å². The van der Waals surface area contributed by atoms with Gasteiger partial charge in [-0.1, -0.05) is 20.8 Å². The number of hydrogen-bond acceptors (Lipinski definition) is 3. The van der Waals surface area contributed by atoms with Crippen molar-refractivity contribution in [3.63, 3.8) is 0 Å². The van der Waals surface area contributed by atoms with Crippen molar-refractivity contribution in [1.82, 2.24) is 14.2 Å². The molecule has 0 spiro atoms. The minimum atomic E-state index is -3.40. The molecule has 5 nitrogen and oxygen atoms in total. The topological polar surface area (TPSA) is 54.3 Å². The molecule has 20 heavy (non-hydrogen) atoms. The number of aryl methyl sites for hydroxylation is 1. The van der Waals surface area contributed by atoms with Gasteiger partial charge in [0, 0.05) is 38.6 Å². The third-order valence-electron chi connectivity index (χ3n) is 3.77. The highest BCUT2D eigenvalue weighted by molar-refractivity contribution is 7.89. The number of sulfonamides is 1. The van der Waals surface area contributed by atoms with E-state index in [0.717, 1.165) is 25.1 Å². The Balaban J connectivity index is 3.03. The molecule has 0 aromatic carbocycles. The molecule has 0 radical (unpaired) electrons. The van der Waals surface area contributed by atoms with Gasteiger partial charge in [-0.2, -0.15) is 4.31 Å². The molecular weight excluding hydrogens is 274 g/mol. The Morgan fingerprint density at radius 1 is 1.30 bits per heavy atom. The molecule has 0 aliphatic carbocycles. The van der Waals surface area contributed by atoms with Crippen molar-refractivity contribution in [3.8, 4) is 0 Å². The van der Waals surface area contributed by atoms with E-state index in [1.54, 1.807) is 19.3 Å². The van der Waals surface area contributed by atoms with E-state index in [1.807, 2.05) is 32.4 Å². The fourth-order valence-corrected chi connectivity index (χ4v) is 3.91. The van der Waals surface area contributed by atoms with E-state index in [2.05, 4.69) is 5.32 Å². The second-order valence-corrected chi connectivity index (χ2v) is 7.05. The maximum atomic E-state index is 12.6. The van der Waals surface area contributed by atoms with Crippen molar-refractivity contribution in [3.05, 3.63) is 18.0 Å². The quantitative estimate of drug-likeness (QED) is 0.798. The van der Waals surface area contributed by atoms with E-state index >= 15 is 0 Å². The highest BCUT2D eigenvalue weighted by Crippen LogP contribution is 2.21. The molecule has 1 heterocycles. The van der Waals surface area contributed by atoms with Crippen molar-refractivity contribution < 1.29 is 8.42 Å². The highest BCUT2D eigenvalue weighted by atomic mass is 32.2. The molecule has 116 valence electrons. The Hall–Kier alpha value is -0.850. The van der Waals surface area contributed by atoms with E-state index in [9.17, 15) is 8.42 Å². The number of nitrogens with one attached hydrogen (secondary N) is 1. The van der Waals surface area contributed by atoms with E-state index in [0.29, 0.717) is 11.4 Å². The normalized spacial score (nSPS) is 12.6. The lowest BCUT2D eigenvalue weighted by molar-refractivity contribution is 0.349. The van der Waals surface area contributed by atoms with Gasteiger partial charge < -0.3 is 9.88 Å². The Bertz CT molecular complexity index is 519. The minimum absolute atomic E-state index is 0.0532. The van der Waals surface area contributed by atoms with Crippen LogP contribution in [0.1, 0.15) is 39.3 Å². The molecule has 0 bridgehead atoms. The van der Waals surface area contributed by atoms with Gasteiger partial charge in [-0.3, -0.25) is 0 Å². The SMILES string of the molecule is CCNCc1cc(S(=O)(=O)N(C)C(CC)CC)cn1C. The second kappa shape index (κ2) is 7.24. The number of nitrogens with zero attached hydrogens (tertiary/aromatic N) is 2. The van der Waals surface area contributed by atoms with Crippen LogP contribution in [-0.2, 0) is 23.6 Å². The molecule has 1 aromatic heterocycles. The second-order valence-electron chi connectivity index (χ2n) is 5.05. The van der Waals surface area contributed by atoms with Crippen LogP contribution in [0.25, 0.3) is 0 Å². The van der Waals surface area contributed by atoms with Crippen molar-refractivity contribution in [1.29, 1.82) is 0 Å². The first-order chi connectivity index (χ1) is 9.38. The largest absolute Gasteiger partial charge is 0.352 e. The number of rotatable bonds is 8.